The smallest absolute Gasteiger partial charge is 0.231 e. The minimum Gasteiger partial charge on any atom is -0.495 e. The molecule has 1 fully saturated rings. The lowest BCUT2D eigenvalue weighted by Gasteiger charge is -2.17. The summed E-state index contributed by atoms with van der Waals surface area (Å²) in [6, 6.07) is 10.2. The highest BCUT2D eigenvalue weighted by Crippen LogP contribution is 2.37. The maximum absolute atomic E-state index is 12.8. The van der Waals surface area contributed by atoms with E-state index in [0.29, 0.717) is 34.3 Å². The summed E-state index contributed by atoms with van der Waals surface area (Å²) < 4.78 is 15.9. The van der Waals surface area contributed by atoms with E-state index in [1.807, 2.05) is 0 Å². The van der Waals surface area contributed by atoms with Crippen LogP contribution < -0.4 is 29.7 Å². The Morgan fingerprint density at radius 2 is 1.90 bits per heavy atom. The summed E-state index contributed by atoms with van der Waals surface area (Å²) in [4.78, 5) is 38.2. The Kier molecular flexibility index (Phi) is 5.18. The summed E-state index contributed by atoms with van der Waals surface area (Å²) in [6.07, 6.45) is 0.106. The average molecular weight is 411 g/mol. The predicted molar refractivity (Wildman–Crippen MR) is 109 cm³/mol. The lowest BCUT2D eigenvalue weighted by atomic mass is 10.1. The number of anilines is 3. The zero-order valence-corrected chi connectivity index (χ0v) is 16.6. The second-order valence-electron chi connectivity index (χ2n) is 7.03. The maximum atomic E-state index is 12.8. The van der Waals surface area contributed by atoms with Crippen LogP contribution in [0.1, 0.15) is 13.3 Å². The molecule has 9 nitrogen and oxygen atoms in total. The molecule has 2 aliphatic heterocycles. The van der Waals surface area contributed by atoms with Crippen LogP contribution in [-0.2, 0) is 14.4 Å². The Bertz CT molecular complexity index is 1020. The number of nitrogens with one attached hydrogen (secondary N) is 2. The van der Waals surface area contributed by atoms with Gasteiger partial charge < -0.3 is 29.7 Å². The third-order valence-corrected chi connectivity index (χ3v) is 4.94. The molecule has 2 aromatic carbocycles. The van der Waals surface area contributed by atoms with E-state index in [9.17, 15) is 14.4 Å². The molecule has 1 unspecified atom stereocenters. The van der Waals surface area contributed by atoms with E-state index in [0.717, 1.165) is 0 Å². The number of benzene rings is 2. The summed E-state index contributed by atoms with van der Waals surface area (Å²) in [7, 11) is 1.49. The van der Waals surface area contributed by atoms with Gasteiger partial charge in [-0.3, -0.25) is 14.4 Å². The predicted octanol–water partition coefficient (Wildman–Crippen LogP) is 2.37. The molecule has 30 heavy (non-hydrogen) atoms. The zero-order valence-electron chi connectivity index (χ0n) is 16.6. The van der Waals surface area contributed by atoms with Crippen LogP contribution in [0.5, 0.6) is 17.2 Å². The van der Waals surface area contributed by atoms with Crippen LogP contribution in [0.15, 0.2) is 36.4 Å². The molecule has 1 saturated heterocycles. The van der Waals surface area contributed by atoms with E-state index in [2.05, 4.69) is 10.6 Å². The molecule has 2 N–H and O–H groups in total. The van der Waals surface area contributed by atoms with Gasteiger partial charge in [0.05, 0.1) is 18.7 Å². The van der Waals surface area contributed by atoms with E-state index in [1.165, 1.54) is 14.0 Å². The molecule has 0 radical (unpaired) electrons. The van der Waals surface area contributed by atoms with Crippen molar-refractivity contribution in [1.29, 1.82) is 0 Å². The number of methoxy groups -OCH3 is 1. The number of nitrogens with zero attached hydrogens (tertiary/aromatic N) is 1. The fourth-order valence-electron chi connectivity index (χ4n) is 3.50. The van der Waals surface area contributed by atoms with Crippen molar-refractivity contribution >= 4 is 34.8 Å². The Hall–Kier alpha value is -3.75. The van der Waals surface area contributed by atoms with E-state index >= 15 is 0 Å². The van der Waals surface area contributed by atoms with Gasteiger partial charge in [0.2, 0.25) is 24.5 Å². The van der Waals surface area contributed by atoms with Gasteiger partial charge in [-0.25, -0.2) is 0 Å². The van der Waals surface area contributed by atoms with E-state index in [-0.39, 0.29) is 37.5 Å². The highest BCUT2D eigenvalue weighted by atomic mass is 16.7. The topological polar surface area (TPSA) is 106 Å². The number of hydrogen-bond acceptors (Lipinski definition) is 6. The highest BCUT2D eigenvalue weighted by Gasteiger charge is 2.35. The van der Waals surface area contributed by atoms with E-state index < -0.39 is 5.92 Å². The first-order chi connectivity index (χ1) is 14.4. The van der Waals surface area contributed by atoms with Gasteiger partial charge in [0.25, 0.3) is 0 Å². The maximum Gasteiger partial charge on any atom is 0.231 e. The van der Waals surface area contributed by atoms with Crippen LogP contribution in [0.3, 0.4) is 0 Å². The van der Waals surface area contributed by atoms with Gasteiger partial charge in [-0.15, -0.1) is 0 Å². The van der Waals surface area contributed by atoms with Crippen molar-refractivity contribution in [2.75, 3.05) is 36.0 Å². The molecule has 156 valence electrons. The molecule has 4 rings (SSSR count). The standard InChI is InChI=1S/C21H21N3O6/c1-12(25)22-16-8-14(3-5-17(16)28-2)23-21(27)13-7-20(26)24(10-13)15-4-6-18-19(9-15)30-11-29-18/h3-6,8-9,13H,7,10-11H2,1-2H3,(H,22,25)(H,23,27). The summed E-state index contributed by atoms with van der Waals surface area (Å²) >= 11 is 0. The van der Waals surface area contributed by atoms with Crippen molar-refractivity contribution in [3.63, 3.8) is 0 Å². The van der Waals surface area contributed by atoms with Gasteiger partial charge in [-0.05, 0) is 30.3 Å². The van der Waals surface area contributed by atoms with Gasteiger partial charge in [-0.1, -0.05) is 0 Å². The Balaban J connectivity index is 1.46. The molecule has 0 saturated carbocycles. The number of amides is 3. The Morgan fingerprint density at radius 3 is 2.67 bits per heavy atom. The number of carbonyl (C=O) groups is 3. The second kappa shape index (κ2) is 7.94. The molecule has 1 atom stereocenters. The van der Waals surface area contributed by atoms with Crippen molar-refractivity contribution < 1.29 is 28.6 Å². The minimum absolute atomic E-state index is 0.106. The fourth-order valence-corrected chi connectivity index (χ4v) is 3.50. The molecular weight excluding hydrogens is 390 g/mol. The molecular formula is C21H21N3O6. The lowest BCUT2D eigenvalue weighted by molar-refractivity contribution is -0.122. The van der Waals surface area contributed by atoms with Crippen LogP contribution in [-0.4, -0.2) is 38.2 Å². The second-order valence-corrected chi connectivity index (χ2v) is 7.03. The van der Waals surface area contributed by atoms with Gasteiger partial charge in [0.1, 0.15) is 5.75 Å². The molecule has 2 heterocycles. The first kappa shape index (κ1) is 19.6. The van der Waals surface area contributed by atoms with Crippen LogP contribution >= 0.6 is 0 Å². The number of hydrogen-bond donors (Lipinski definition) is 2. The minimum atomic E-state index is -0.505. The third-order valence-electron chi connectivity index (χ3n) is 4.94. The Labute approximate surface area is 172 Å². The number of fused-ring (bicyclic) bond motifs is 1. The average Bonchev–Trinajstić information content (AvgIpc) is 3.33. The molecule has 0 bridgehead atoms. The van der Waals surface area contributed by atoms with Gasteiger partial charge in [0.15, 0.2) is 11.5 Å². The monoisotopic (exact) mass is 411 g/mol. The molecule has 3 amide bonds. The van der Waals surface area contributed by atoms with Crippen molar-refractivity contribution in [1.82, 2.24) is 0 Å². The van der Waals surface area contributed by atoms with Gasteiger partial charge >= 0.3 is 0 Å². The molecule has 0 aliphatic carbocycles. The molecule has 0 aromatic heterocycles. The van der Waals surface area contributed by atoms with Crippen molar-refractivity contribution in [3.8, 4) is 17.2 Å². The highest BCUT2D eigenvalue weighted by molar-refractivity contribution is 6.04. The first-order valence-electron chi connectivity index (χ1n) is 9.41. The van der Waals surface area contributed by atoms with Crippen LogP contribution in [0.4, 0.5) is 17.1 Å². The number of rotatable bonds is 5. The SMILES string of the molecule is COc1ccc(NC(=O)C2CC(=O)N(c3ccc4c(c3)OCO4)C2)cc1NC(C)=O. The van der Waals surface area contributed by atoms with Crippen LogP contribution in [0.25, 0.3) is 0 Å². The lowest BCUT2D eigenvalue weighted by Crippen LogP contribution is -2.28. The first-order valence-corrected chi connectivity index (χ1v) is 9.41. The zero-order chi connectivity index (χ0) is 21.3. The van der Waals surface area contributed by atoms with Crippen molar-refractivity contribution in [2.45, 2.75) is 13.3 Å². The summed E-state index contributed by atoms with van der Waals surface area (Å²) in [6.45, 7) is 1.80. The third kappa shape index (κ3) is 3.86. The summed E-state index contributed by atoms with van der Waals surface area (Å²) in [5.74, 6) is 0.527. The van der Waals surface area contributed by atoms with Crippen molar-refractivity contribution in [3.05, 3.63) is 36.4 Å². The summed E-state index contributed by atoms with van der Waals surface area (Å²) in [5.41, 5.74) is 1.61. The molecule has 9 heteroatoms. The number of ether oxygens (including phenoxy) is 3. The van der Waals surface area contributed by atoms with Gasteiger partial charge in [0, 0.05) is 37.3 Å². The van der Waals surface area contributed by atoms with Crippen molar-refractivity contribution in [2.24, 2.45) is 5.92 Å². The molecule has 0 spiro atoms. The van der Waals surface area contributed by atoms with Gasteiger partial charge in [-0.2, -0.15) is 0 Å². The largest absolute Gasteiger partial charge is 0.495 e. The summed E-state index contributed by atoms with van der Waals surface area (Å²) in [5, 5.41) is 5.48. The van der Waals surface area contributed by atoms with E-state index in [4.69, 9.17) is 14.2 Å². The van der Waals surface area contributed by atoms with Crippen LogP contribution in [0.2, 0.25) is 0 Å². The quantitative estimate of drug-likeness (QED) is 0.783. The van der Waals surface area contributed by atoms with E-state index in [1.54, 1.807) is 41.3 Å². The molecule has 2 aromatic rings. The fraction of sp³-hybridized carbons (Fsp3) is 0.286. The molecule has 2 aliphatic rings. The van der Waals surface area contributed by atoms with Crippen LogP contribution in [0, 0.1) is 5.92 Å². The number of carbonyl (C=O) groups excluding carboxylic acids is 3. The normalized spacial score (nSPS) is 17.1. The Morgan fingerprint density at radius 1 is 1.10 bits per heavy atom.